The SMILES string of the molecule is COc1ccc([C@H]2OC[C@H](C)[C@@H](c3ccc(Cl)cc3)O2)cc1. The molecule has 2 aromatic rings. The van der Waals surface area contributed by atoms with Gasteiger partial charge in [0.2, 0.25) is 0 Å². The summed E-state index contributed by atoms with van der Waals surface area (Å²) in [6, 6.07) is 15.6. The zero-order chi connectivity index (χ0) is 15.5. The summed E-state index contributed by atoms with van der Waals surface area (Å²) in [7, 11) is 1.65. The summed E-state index contributed by atoms with van der Waals surface area (Å²) in [6.45, 7) is 2.79. The smallest absolute Gasteiger partial charge is 0.184 e. The first-order valence-corrected chi connectivity index (χ1v) is 7.71. The van der Waals surface area contributed by atoms with Crippen LogP contribution in [0, 0.1) is 5.92 Å². The highest BCUT2D eigenvalue weighted by Crippen LogP contribution is 2.38. The Balaban J connectivity index is 1.79. The minimum Gasteiger partial charge on any atom is -0.497 e. The number of halogens is 1. The van der Waals surface area contributed by atoms with Crippen LogP contribution in [0.3, 0.4) is 0 Å². The Morgan fingerprint density at radius 1 is 1.00 bits per heavy atom. The maximum atomic E-state index is 6.18. The summed E-state index contributed by atoms with van der Waals surface area (Å²) >= 11 is 5.96. The molecule has 1 saturated heterocycles. The van der Waals surface area contributed by atoms with E-state index in [2.05, 4.69) is 6.92 Å². The van der Waals surface area contributed by atoms with Crippen molar-refractivity contribution in [3.05, 3.63) is 64.7 Å². The first-order chi connectivity index (χ1) is 10.7. The second-order valence-electron chi connectivity index (χ2n) is 5.52. The fourth-order valence-electron chi connectivity index (χ4n) is 2.63. The molecule has 1 aliphatic heterocycles. The number of methoxy groups -OCH3 is 1. The number of rotatable bonds is 3. The van der Waals surface area contributed by atoms with Crippen LogP contribution in [0.2, 0.25) is 5.02 Å². The lowest BCUT2D eigenvalue weighted by molar-refractivity contribution is -0.241. The van der Waals surface area contributed by atoms with E-state index in [-0.39, 0.29) is 18.3 Å². The quantitative estimate of drug-likeness (QED) is 0.815. The van der Waals surface area contributed by atoms with Gasteiger partial charge in [-0.2, -0.15) is 0 Å². The van der Waals surface area contributed by atoms with Crippen LogP contribution in [0.4, 0.5) is 0 Å². The van der Waals surface area contributed by atoms with Gasteiger partial charge < -0.3 is 14.2 Å². The lowest BCUT2D eigenvalue weighted by atomic mass is 9.96. The molecule has 0 radical (unpaired) electrons. The molecule has 2 aromatic carbocycles. The van der Waals surface area contributed by atoms with E-state index in [9.17, 15) is 0 Å². The molecule has 0 N–H and O–H groups in total. The fourth-order valence-corrected chi connectivity index (χ4v) is 2.75. The van der Waals surface area contributed by atoms with Gasteiger partial charge >= 0.3 is 0 Å². The van der Waals surface area contributed by atoms with E-state index < -0.39 is 0 Å². The van der Waals surface area contributed by atoms with Gasteiger partial charge in [0.05, 0.1) is 19.8 Å². The Labute approximate surface area is 135 Å². The molecule has 0 bridgehead atoms. The second-order valence-corrected chi connectivity index (χ2v) is 5.96. The van der Waals surface area contributed by atoms with E-state index in [1.165, 1.54) is 0 Å². The van der Waals surface area contributed by atoms with Gasteiger partial charge in [0.15, 0.2) is 6.29 Å². The molecule has 1 fully saturated rings. The molecule has 0 aliphatic carbocycles. The van der Waals surface area contributed by atoms with Crippen LogP contribution in [0.15, 0.2) is 48.5 Å². The maximum Gasteiger partial charge on any atom is 0.184 e. The molecule has 22 heavy (non-hydrogen) atoms. The molecule has 0 spiro atoms. The number of ether oxygens (including phenoxy) is 3. The van der Waals surface area contributed by atoms with Crippen molar-refractivity contribution in [1.29, 1.82) is 0 Å². The third-order valence-corrected chi connectivity index (χ3v) is 4.14. The van der Waals surface area contributed by atoms with Gasteiger partial charge in [-0.1, -0.05) is 42.8 Å². The lowest BCUT2D eigenvalue weighted by Crippen LogP contribution is -2.28. The zero-order valence-corrected chi connectivity index (χ0v) is 13.4. The predicted molar refractivity (Wildman–Crippen MR) is 86.1 cm³/mol. The normalized spacial score (nSPS) is 25.0. The average Bonchev–Trinajstić information content (AvgIpc) is 2.56. The van der Waals surface area contributed by atoms with Crippen molar-refractivity contribution in [2.45, 2.75) is 19.3 Å². The minimum atomic E-state index is -0.359. The molecule has 0 saturated carbocycles. The van der Waals surface area contributed by atoms with E-state index in [0.717, 1.165) is 21.9 Å². The minimum absolute atomic E-state index is 0.00174. The van der Waals surface area contributed by atoms with Gasteiger partial charge in [-0.05, 0) is 29.8 Å². The molecule has 0 unspecified atom stereocenters. The standard InChI is InChI=1S/C18H19ClO3/c1-12-11-21-18(14-5-9-16(20-2)10-6-14)22-17(12)13-3-7-15(19)8-4-13/h3-10,12,17-18H,11H2,1-2H3/t12-,17-,18-/m0/s1. The highest BCUT2D eigenvalue weighted by molar-refractivity contribution is 6.30. The molecule has 3 nitrogen and oxygen atoms in total. The molecular formula is C18H19ClO3. The van der Waals surface area contributed by atoms with Gasteiger partial charge in [-0.3, -0.25) is 0 Å². The molecular weight excluding hydrogens is 300 g/mol. The highest BCUT2D eigenvalue weighted by Gasteiger charge is 2.31. The van der Waals surface area contributed by atoms with Crippen LogP contribution in [0.1, 0.15) is 30.4 Å². The number of hydrogen-bond donors (Lipinski definition) is 0. The molecule has 1 aliphatic rings. The van der Waals surface area contributed by atoms with E-state index in [4.69, 9.17) is 25.8 Å². The van der Waals surface area contributed by atoms with Crippen LogP contribution in [-0.4, -0.2) is 13.7 Å². The first kappa shape index (κ1) is 15.3. The predicted octanol–water partition coefficient (Wildman–Crippen LogP) is 4.77. The van der Waals surface area contributed by atoms with Crippen molar-refractivity contribution in [3.8, 4) is 5.75 Å². The van der Waals surface area contributed by atoms with Crippen molar-refractivity contribution in [3.63, 3.8) is 0 Å². The Morgan fingerprint density at radius 2 is 1.64 bits per heavy atom. The molecule has 4 heteroatoms. The summed E-state index contributed by atoms with van der Waals surface area (Å²) in [5.74, 6) is 1.11. The Hall–Kier alpha value is -1.55. The molecule has 0 amide bonds. The van der Waals surface area contributed by atoms with Crippen LogP contribution < -0.4 is 4.74 Å². The summed E-state index contributed by atoms with van der Waals surface area (Å²) in [6.07, 6.45) is -0.360. The Bertz CT molecular complexity index is 609. The van der Waals surface area contributed by atoms with Crippen LogP contribution in [-0.2, 0) is 9.47 Å². The largest absolute Gasteiger partial charge is 0.497 e. The summed E-state index contributed by atoms with van der Waals surface area (Å²) < 4.78 is 17.2. The Kier molecular flexibility index (Phi) is 4.67. The van der Waals surface area contributed by atoms with Crippen molar-refractivity contribution in [2.75, 3.05) is 13.7 Å². The molecule has 3 atom stereocenters. The van der Waals surface area contributed by atoms with Gasteiger partial charge in [0.25, 0.3) is 0 Å². The van der Waals surface area contributed by atoms with Crippen molar-refractivity contribution < 1.29 is 14.2 Å². The van der Waals surface area contributed by atoms with Crippen molar-refractivity contribution >= 4 is 11.6 Å². The average molecular weight is 319 g/mol. The lowest BCUT2D eigenvalue weighted by Gasteiger charge is -2.35. The molecule has 1 heterocycles. The van der Waals surface area contributed by atoms with E-state index in [0.29, 0.717) is 6.61 Å². The second kappa shape index (κ2) is 6.69. The van der Waals surface area contributed by atoms with E-state index in [1.54, 1.807) is 7.11 Å². The van der Waals surface area contributed by atoms with Crippen LogP contribution in [0.25, 0.3) is 0 Å². The highest BCUT2D eigenvalue weighted by atomic mass is 35.5. The summed E-state index contributed by atoms with van der Waals surface area (Å²) in [4.78, 5) is 0. The van der Waals surface area contributed by atoms with Gasteiger partial charge in [0.1, 0.15) is 5.75 Å². The topological polar surface area (TPSA) is 27.7 Å². The third kappa shape index (κ3) is 3.27. The van der Waals surface area contributed by atoms with E-state index in [1.807, 2.05) is 48.5 Å². The van der Waals surface area contributed by atoms with E-state index >= 15 is 0 Å². The molecule has 3 rings (SSSR count). The summed E-state index contributed by atoms with van der Waals surface area (Å²) in [5.41, 5.74) is 2.12. The van der Waals surface area contributed by atoms with Gasteiger partial charge in [0, 0.05) is 16.5 Å². The number of hydrogen-bond acceptors (Lipinski definition) is 3. The van der Waals surface area contributed by atoms with Gasteiger partial charge in [-0.15, -0.1) is 0 Å². The maximum absolute atomic E-state index is 6.18. The van der Waals surface area contributed by atoms with Crippen LogP contribution >= 0.6 is 11.6 Å². The third-order valence-electron chi connectivity index (χ3n) is 3.88. The van der Waals surface area contributed by atoms with Crippen molar-refractivity contribution in [2.24, 2.45) is 5.92 Å². The first-order valence-electron chi connectivity index (χ1n) is 7.34. The summed E-state index contributed by atoms with van der Waals surface area (Å²) in [5, 5.41) is 0.732. The van der Waals surface area contributed by atoms with Gasteiger partial charge in [-0.25, -0.2) is 0 Å². The fraction of sp³-hybridized carbons (Fsp3) is 0.333. The molecule has 116 valence electrons. The number of benzene rings is 2. The molecule has 0 aromatic heterocycles. The van der Waals surface area contributed by atoms with Crippen LogP contribution in [0.5, 0.6) is 5.75 Å². The van der Waals surface area contributed by atoms with Crippen molar-refractivity contribution in [1.82, 2.24) is 0 Å². The monoisotopic (exact) mass is 318 g/mol. The Morgan fingerprint density at radius 3 is 2.27 bits per heavy atom. The zero-order valence-electron chi connectivity index (χ0n) is 12.7.